The van der Waals surface area contributed by atoms with E-state index in [1.807, 2.05) is 12.1 Å². The highest BCUT2D eigenvalue weighted by molar-refractivity contribution is 14.1. The Morgan fingerprint density at radius 3 is 2.57 bits per heavy atom. The van der Waals surface area contributed by atoms with Gasteiger partial charge in [0.2, 0.25) is 0 Å². The number of benzene rings is 1. The van der Waals surface area contributed by atoms with E-state index in [-0.39, 0.29) is 24.0 Å². The number of aliphatic imine (C=N–C) groups is 1. The molecule has 1 heterocycles. The van der Waals surface area contributed by atoms with Crippen molar-refractivity contribution in [3.8, 4) is 5.75 Å². The highest BCUT2D eigenvalue weighted by Crippen LogP contribution is 2.25. The van der Waals surface area contributed by atoms with Crippen LogP contribution in [0.1, 0.15) is 32.6 Å². The predicted octanol–water partition coefficient (Wildman–Crippen LogP) is 3.88. The Bertz CT molecular complexity index is 526. The maximum atomic E-state index is 6.17. The number of para-hydroxylation sites is 1. The summed E-state index contributed by atoms with van der Waals surface area (Å²) < 4.78 is 7.36. The molecule has 0 amide bonds. The molecule has 128 valence electrons. The van der Waals surface area contributed by atoms with Gasteiger partial charge in [0.25, 0.3) is 0 Å². The van der Waals surface area contributed by atoms with Gasteiger partial charge in [0.15, 0.2) is 5.96 Å². The van der Waals surface area contributed by atoms with Crippen LogP contribution >= 0.6 is 46.6 Å². The lowest BCUT2D eigenvalue weighted by Gasteiger charge is -2.34. The summed E-state index contributed by atoms with van der Waals surface area (Å²) in [6.07, 6.45) is 5.00. The molecule has 0 spiro atoms. The molecular formula is C17H25I2N3O. The van der Waals surface area contributed by atoms with Gasteiger partial charge in [-0.05, 0) is 54.5 Å². The van der Waals surface area contributed by atoms with Gasteiger partial charge in [0.1, 0.15) is 11.9 Å². The first-order valence-electron chi connectivity index (χ1n) is 8.23. The molecule has 0 atom stereocenters. The van der Waals surface area contributed by atoms with E-state index in [2.05, 4.69) is 56.9 Å². The van der Waals surface area contributed by atoms with E-state index in [4.69, 9.17) is 4.74 Å². The van der Waals surface area contributed by atoms with Gasteiger partial charge >= 0.3 is 0 Å². The van der Waals surface area contributed by atoms with Gasteiger partial charge in [0, 0.05) is 38.5 Å². The summed E-state index contributed by atoms with van der Waals surface area (Å²) >= 11 is 2.34. The van der Waals surface area contributed by atoms with Crippen molar-refractivity contribution in [2.75, 3.05) is 19.6 Å². The molecular weight excluding hydrogens is 516 g/mol. The van der Waals surface area contributed by atoms with Crippen molar-refractivity contribution in [1.29, 1.82) is 0 Å². The number of hydrogen-bond acceptors (Lipinski definition) is 2. The Balaban J connectivity index is 0.00000192. The molecule has 1 aromatic rings. The van der Waals surface area contributed by atoms with Crippen molar-refractivity contribution in [2.45, 2.75) is 44.8 Å². The molecule has 0 bridgehead atoms. The first-order chi connectivity index (χ1) is 10.8. The Labute approximate surface area is 169 Å². The third-order valence-electron chi connectivity index (χ3n) is 4.09. The number of piperidine rings is 1. The standard InChI is InChI=1S/C17H24IN3O.HI/c1-2-19-17(20-13-7-8-13)21-11-9-14(10-12-21)22-16-6-4-3-5-15(16)18;/h3-6,13-14H,2,7-12H2,1H3,(H,19,20);1H. The van der Waals surface area contributed by atoms with E-state index >= 15 is 0 Å². The lowest BCUT2D eigenvalue weighted by Crippen LogP contribution is -2.48. The van der Waals surface area contributed by atoms with Crippen molar-refractivity contribution in [1.82, 2.24) is 10.2 Å². The third-order valence-corrected chi connectivity index (χ3v) is 4.98. The van der Waals surface area contributed by atoms with E-state index in [9.17, 15) is 0 Å². The second-order valence-corrected chi connectivity index (χ2v) is 7.11. The molecule has 0 unspecified atom stereocenters. The van der Waals surface area contributed by atoms with Crippen LogP contribution in [-0.2, 0) is 0 Å². The average Bonchev–Trinajstić information content (AvgIpc) is 3.34. The smallest absolute Gasteiger partial charge is 0.194 e. The molecule has 1 aliphatic heterocycles. The number of nitrogens with one attached hydrogen (secondary N) is 1. The molecule has 0 aromatic heterocycles. The molecule has 1 saturated carbocycles. The summed E-state index contributed by atoms with van der Waals surface area (Å²) in [5.74, 6) is 2.11. The molecule has 3 rings (SSSR count). The van der Waals surface area contributed by atoms with E-state index < -0.39 is 0 Å². The number of ether oxygens (including phenoxy) is 1. The average molecular weight is 541 g/mol. The van der Waals surface area contributed by atoms with Crippen LogP contribution in [0.3, 0.4) is 0 Å². The number of nitrogens with zero attached hydrogens (tertiary/aromatic N) is 2. The minimum absolute atomic E-state index is 0. The largest absolute Gasteiger partial charge is 0.489 e. The zero-order valence-corrected chi connectivity index (χ0v) is 18.0. The summed E-state index contributed by atoms with van der Waals surface area (Å²) in [5, 5.41) is 3.57. The minimum Gasteiger partial charge on any atom is -0.489 e. The number of rotatable bonds is 4. The van der Waals surface area contributed by atoms with E-state index in [0.29, 0.717) is 12.1 Å². The first kappa shape index (κ1) is 19.1. The van der Waals surface area contributed by atoms with Gasteiger partial charge in [-0.1, -0.05) is 12.1 Å². The van der Waals surface area contributed by atoms with E-state index in [1.54, 1.807) is 0 Å². The SMILES string of the molecule is CCN=C(NC1CC1)N1CCC(Oc2ccccc2I)CC1.I. The molecule has 1 N–H and O–H groups in total. The van der Waals surface area contributed by atoms with Crippen LogP contribution in [-0.4, -0.2) is 42.6 Å². The zero-order valence-electron chi connectivity index (χ0n) is 13.5. The fourth-order valence-corrected chi connectivity index (χ4v) is 3.22. The van der Waals surface area contributed by atoms with E-state index in [1.165, 1.54) is 16.4 Å². The normalized spacial score (nSPS) is 19.2. The van der Waals surface area contributed by atoms with Crippen LogP contribution < -0.4 is 10.1 Å². The van der Waals surface area contributed by atoms with E-state index in [0.717, 1.165) is 44.2 Å². The second-order valence-electron chi connectivity index (χ2n) is 5.95. The maximum absolute atomic E-state index is 6.17. The highest BCUT2D eigenvalue weighted by atomic mass is 127. The van der Waals surface area contributed by atoms with Crippen molar-refractivity contribution >= 4 is 52.5 Å². The van der Waals surface area contributed by atoms with Crippen LogP contribution in [0, 0.1) is 3.57 Å². The summed E-state index contributed by atoms with van der Waals surface area (Å²) in [4.78, 5) is 7.03. The summed E-state index contributed by atoms with van der Waals surface area (Å²) in [6.45, 7) is 4.98. The van der Waals surface area contributed by atoms with Crippen LogP contribution in [0.4, 0.5) is 0 Å². The maximum Gasteiger partial charge on any atom is 0.194 e. The number of guanidine groups is 1. The fraction of sp³-hybridized carbons (Fsp3) is 0.588. The van der Waals surface area contributed by atoms with Gasteiger partial charge in [-0.3, -0.25) is 4.99 Å². The summed E-state index contributed by atoms with van der Waals surface area (Å²) in [7, 11) is 0. The third kappa shape index (κ3) is 5.65. The van der Waals surface area contributed by atoms with Crippen molar-refractivity contribution in [2.24, 2.45) is 4.99 Å². The number of likely N-dealkylation sites (tertiary alicyclic amines) is 1. The van der Waals surface area contributed by atoms with Crippen LogP contribution in [0.25, 0.3) is 0 Å². The van der Waals surface area contributed by atoms with Gasteiger partial charge in [0.05, 0.1) is 3.57 Å². The lowest BCUT2D eigenvalue weighted by atomic mass is 10.1. The second kappa shape index (κ2) is 9.29. The highest BCUT2D eigenvalue weighted by Gasteiger charge is 2.27. The summed E-state index contributed by atoms with van der Waals surface area (Å²) in [6, 6.07) is 8.90. The number of hydrogen-bond donors (Lipinski definition) is 1. The van der Waals surface area contributed by atoms with Crippen molar-refractivity contribution in [3.63, 3.8) is 0 Å². The van der Waals surface area contributed by atoms with Crippen LogP contribution in [0.5, 0.6) is 5.75 Å². The van der Waals surface area contributed by atoms with Crippen molar-refractivity contribution < 1.29 is 4.74 Å². The predicted molar refractivity (Wildman–Crippen MR) is 114 cm³/mol. The van der Waals surface area contributed by atoms with Gasteiger partial charge in [-0.2, -0.15) is 0 Å². The lowest BCUT2D eigenvalue weighted by molar-refractivity contribution is 0.128. The number of halogens is 2. The monoisotopic (exact) mass is 541 g/mol. The molecule has 1 aromatic carbocycles. The van der Waals surface area contributed by atoms with Gasteiger partial charge < -0.3 is 15.0 Å². The minimum atomic E-state index is 0. The Hall–Kier alpha value is -0.250. The molecule has 2 fully saturated rings. The van der Waals surface area contributed by atoms with Gasteiger partial charge in [-0.15, -0.1) is 24.0 Å². The molecule has 4 nitrogen and oxygen atoms in total. The Morgan fingerprint density at radius 2 is 1.96 bits per heavy atom. The fourth-order valence-electron chi connectivity index (χ4n) is 2.70. The zero-order chi connectivity index (χ0) is 15.4. The quantitative estimate of drug-likeness (QED) is 0.358. The Morgan fingerprint density at radius 1 is 1.26 bits per heavy atom. The molecule has 6 heteroatoms. The molecule has 23 heavy (non-hydrogen) atoms. The molecule has 1 aliphatic carbocycles. The van der Waals surface area contributed by atoms with Crippen molar-refractivity contribution in [3.05, 3.63) is 27.8 Å². The van der Waals surface area contributed by atoms with Gasteiger partial charge in [-0.25, -0.2) is 0 Å². The molecule has 1 saturated heterocycles. The van der Waals surface area contributed by atoms with Crippen LogP contribution in [0.15, 0.2) is 29.3 Å². The molecule has 0 radical (unpaired) electrons. The van der Waals surface area contributed by atoms with Crippen LogP contribution in [0.2, 0.25) is 0 Å². The summed E-state index contributed by atoms with van der Waals surface area (Å²) in [5.41, 5.74) is 0. The topological polar surface area (TPSA) is 36.9 Å². The first-order valence-corrected chi connectivity index (χ1v) is 9.31. The Kier molecular flexibility index (Phi) is 7.71. The molecule has 2 aliphatic rings.